The number of carbonyl (C=O) groups is 3. The maximum Gasteiger partial charge on any atom is 0.325 e. The third kappa shape index (κ3) is 6.04. The monoisotopic (exact) mass is 361 g/mol. The molecule has 0 aliphatic carbocycles. The minimum Gasteiger partial charge on any atom is -0.497 e. The lowest BCUT2D eigenvalue weighted by atomic mass is 10.2. The van der Waals surface area contributed by atoms with E-state index in [0.29, 0.717) is 29.0 Å². The first-order valence-electron chi connectivity index (χ1n) is 7.74. The number of nitrogens with one attached hydrogen (secondary N) is 1. The SMILES string of the molecule is COc1cccc(C(=O)NCC(=O)OCCCC(=O)c2cccs2)c1. The van der Waals surface area contributed by atoms with Gasteiger partial charge in [-0.2, -0.15) is 0 Å². The molecule has 0 atom stereocenters. The molecule has 1 N–H and O–H groups in total. The van der Waals surface area contributed by atoms with Gasteiger partial charge in [0, 0.05) is 12.0 Å². The van der Waals surface area contributed by atoms with E-state index in [-0.39, 0.29) is 24.8 Å². The van der Waals surface area contributed by atoms with Crippen molar-refractivity contribution in [3.05, 3.63) is 52.2 Å². The lowest BCUT2D eigenvalue weighted by molar-refractivity contribution is -0.142. The number of esters is 1. The Hall–Kier alpha value is -2.67. The van der Waals surface area contributed by atoms with Crippen LogP contribution in [0, 0.1) is 0 Å². The summed E-state index contributed by atoms with van der Waals surface area (Å²) in [6.45, 7) is -0.0834. The second-order valence-electron chi connectivity index (χ2n) is 5.14. The van der Waals surface area contributed by atoms with E-state index in [2.05, 4.69) is 5.32 Å². The van der Waals surface area contributed by atoms with E-state index in [4.69, 9.17) is 9.47 Å². The van der Waals surface area contributed by atoms with Crippen molar-refractivity contribution >= 4 is 29.0 Å². The predicted octanol–water partition coefficient (Wildman–Crippen LogP) is 2.69. The number of ether oxygens (including phenoxy) is 2. The Morgan fingerprint density at radius 3 is 2.72 bits per heavy atom. The molecule has 0 unspecified atom stereocenters. The summed E-state index contributed by atoms with van der Waals surface area (Å²) in [6.07, 6.45) is 0.774. The fourth-order valence-electron chi connectivity index (χ4n) is 2.05. The third-order valence-electron chi connectivity index (χ3n) is 3.33. The van der Waals surface area contributed by atoms with Crippen LogP contribution in [0.2, 0.25) is 0 Å². The van der Waals surface area contributed by atoms with E-state index in [1.807, 2.05) is 11.4 Å². The Morgan fingerprint density at radius 1 is 1.16 bits per heavy atom. The number of rotatable bonds is 9. The van der Waals surface area contributed by atoms with Crippen LogP contribution in [0.4, 0.5) is 0 Å². The molecule has 0 spiro atoms. The molecule has 1 amide bonds. The second-order valence-corrected chi connectivity index (χ2v) is 6.09. The molecular weight excluding hydrogens is 342 g/mol. The molecule has 0 saturated carbocycles. The van der Waals surface area contributed by atoms with Crippen molar-refractivity contribution in [1.29, 1.82) is 0 Å². The number of carbonyl (C=O) groups excluding carboxylic acids is 3. The fraction of sp³-hybridized carbons (Fsp3) is 0.278. The van der Waals surface area contributed by atoms with Crippen molar-refractivity contribution in [2.24, 2.45) is 0 Å². The van der Waals surface area contributed by atoms with Gasteiger partial charge in [0.05, 0.1) is 18.6 Å². The number of hydrogen-bond donors (Lipinski definition) is 1. The zero-order valence-corrected chi connectivity index (χ0v) is 14.6. The number of Topliss-reactive ketones (excluding diaryl/α,β-unsaturated/α-hetero) is 1. The fourth-order valence-corrected chi connectivity index (χ4v) is 2.74. The van der Waals surface area contributed by atoms with Crippen molar-refractivity contribution in [3.8, 4) is 5.75 Å². The van der Waals surface area contributed by atoms with Crippen LogP contribution in [0.3, 0.4) is 0 Å². The number of amides is 1. The van der Waals surface area contributed by atoms with E-state index in [1.54, 1.807) is 30.3 Å². The number of thiophene rings is 1. The van der Waals surface area contributed by atoms with Crippen LogP contribution in [0.15, 0.2) is 41.8 Å². The maximum absolute atomic E-state index is 11.9. The van der Waals surface area contributed by atoms with Gasteiger partial charge >= 0.3 is 5.97 Å². The van der Waals surface area contributed by atoms with Crippen molar-refractivity contribution in [2.45, 2.75) is 12.8 Å². The van der Waals surface area contributed by atoms with E-state index >= 15 is 0 Å². The molecule has 0 bridgehead atoms. The molecule has 25 heavy (non-hydrogen) atoms. The third-order valence-corrected chi connectivity index (χ3v) is 4.24. The van der Waals surface area contributed by atoms with Gasteiger partial charge < -0.3 is 14.8 Å². The van der Waals surface area contributed by atoms with Crippen LogP contribution in [0.1, 0.15) is 32.9 Å². The first-order valence-corrected chi connectivity index (χ1v) is 8.62. The van der Waals surface area contributed by atoms with Crippen LogP contribution in [0.25, 0.3) is 0 Å². The average molecular weight is 361 g/mol. The number of ketones is 1. The van der Waals surface area contributed by atoms with Gasteiger partial charge in [-0.3, -0.25) is 14.4 Å². The highest BCUT2D eigenvalue weighted by atomic mass is 32.1. The summed E-state index contributed by atoms with van der Waals surface area (Å²) in [4.78, 5) is 36.1. The predicted molar refractivity (Wildman–Crippen MR) is 94.2 cm³/mol. The number of benzene rings is 1. The highest BCUT2D eigenvalue weighted by molar-refractivity contribution is 7.12. The minimum absolute atomic E-state index is 0.0392. The van der Waals surface area contributed by atoms with Crippen LogP contribution in [-0.2, 0) is 9.53 Å². The molecule has 0 aliphatic heterocycles. The molecule has 0 aliphatic rings. The molecule has 7 heteroatoms. The zero-order valence-electron chi connectivity index (χ0n) is 13.8. The molecule has 2 rings (SSSR count). The maximum atomic E-state index is 11.9. The summed E-state index contributed by atoms with van der Waals surface area (Å²) >= 11 is 1.39. The van der Waals surface area contributed by atoms with Gasteiger partial charge in [0.15, 0.2) is 5.78 Å². The second kappa shape index (κ2) is 9.58. The molecule has 1 aromatic carbocycles. The number of hydrogen-bond acceptors (Lipinski definition) is 6. The summed E-state index contributed by atoms with van der Waals surface area (Å²) in [6, 6.07) is 10.2. The van der Waals surface area contributed by atoms with E-state index in [0.717, 1.165) is 0 Å². The zero-order chi connectivity index (χ0) is 18.1. The number of methoxy groups -OCH3 is 1. The highest BCUT2D eigenvalue weighted by Gasteiger charge is 2.10. The Balaban J connectivity index is 1.65. The Labute approximate surface area is 149 Å². The molecule has 0 radical (unpaired) electrons. The topological polar surface area (TPSA) is 81.7 Å². The smallest absolute Gasteiger partial charge is 0.325 e. The summed E-state index contributed by atoms with van der Waals surface area (Å²) in [5.74, 6) is -0.327. The molecule has 0 fully saturated rings. The summed E-state index contributed by atoms with van der Waals surface area (Å²) in [5.41, 5.74) is 0.397. The van der Waals surface area contributed by atoms with Gasteiger partial charge in [0.25, 0.3) is 5.91 Å². The summed E-state index contributed by atoms with van der Waals surface area (Å²) in [7, 11) is 1.51. The lowest BCUT2D eigenvalue weighted by Gasteiger charge is -2.07. The van der Waals surface area contributed by atoms with Crippen molar-refractivity contribution < 1.29 is 23.9 Å². The largest absolute Gasteiger partial charge is 0.497 e. The molecule has 6 nitrogen and oxygen atoms in total. The first-order chi connectivity index (χ1) is 12.1. The molecule has 0 saturated heterocycles. The van der Waals surface area contributed by atoms with Crippen LogP contribution >= 0.6 is 11.3 Å². The van der Waals surface area contributed by atoms with Crippen molar-refractivity contribution in [3.63, 3.8) is 0 Å². The Morgan fingerprint density at radius 2 is 2.00 bits per heavy atom. The average Bonchev–Trinajstić information content (AvgIpc) is 3.18. The van der Waals surface area contributed by atoms with Gasteiger partial charge in [-0.25, -0.2) is 0 Å². The first kappa shape index (κ1) is 18.7. The van der Waals surface area contributed by atoms with E-state index in [1.165, 1.54) is 18.4 Å². The molecular formula is C18H19NO5S. The molecule has 132 valence electrons. The minimum atomic E-state index is -0.542. The molecule has 2 aromatic rings. The van der Waals surface area contributed by atoms with Gasteiger partial charge in [-0.15, -0.1) is 11.3 Å². The van der Waals surface area contributed by atoms with Crippen LogP contribution in [0.5, 0.6) is 5.75 Å². The van der Waals surface area contributed by atoms with Gasteiger partial charge in [0.2, 0.25) is 0 Å². The summed E-state index contributed by atoms with van der Waals surface area (Å²) < 4.78 is 10.1. The molecule has 1 heterocycles. The van der Waals surface area contributed by atoms with Crippen LogP contribution < -0.4 is 10.1 Å². The van der Waals surface area contributed by atoms with E-state index < -0.39 is 5.97 Å². The van der Waals surface area contributed by atoms with Crippen molar-refractivity contribution in [1.82, 2.24) is 5.32 Å². The summed E-state index contributed by atoms with van der Waals surface area (Å²) in [5, 5.41) is 4.33. The highest BCUT2D eigenvalue weighted by Crippen LogP contribution is 2.13. The molecule has 1 aromatic heterocycles. The normalized spacial score (nSPS) is 10.1. The van der Waals surface area contributed by atoms with Gasteiger partial charge in [-0.1, -0.05) is 12.1 Å². The van der Waals surface area contributed by atoms with E-state index in [9.17, 15) is 14.4 Å². The standard InChI is InChI=1S/C18H19NO5S/c1-23-14-6-2-5-13(11-14)18(22)19-12-17(21)24-9-3-7-15(20)16-8-4-10-25-16/h2,4-6,8,10-11H,3,7,9,12H2,1H3,(H,19,22). The Kier molecular flexibility index (Phi) is 7.16. The van der Waals surface area contributed by atoms with Crippen LogP contribution in [-0.4, -0.2) is 37.9 Å². The van der Waals surface area contributed by atoms with Gasteiger partial charge in [0.1, 0.15) is 12.3 Å². The van der Waals surface area contributed by atoms with Gasteiger partial charge in [-0.05, 0) is 36.1 Å². The van der Waals surface area contributed by atoms with Crippen molar-refractivity contribution in [2.75, 3.05) is 20.3 Å². The lowest BCUT2D eigenvalue weighted by Crippen LogP contribution is -2.30. The quantitative estimate of drug-likeness (QED) is 0.422. The Bertz CT molecular complexity index is 727.